The van der Waals surface area contributed by atoms with Crippen LogP contribution in [-0.2, 0) is 13.0 Å². The van der Waals surface area contributed by atoms with Crippen LogP contribution in [0.15, 0.2) is 36.5 Å². The lowest BCUT2D eigenvalue weighted by molar-refractivity contribution is 0.343. The van der Waals surface area contributed by atoms with Crippen molar-refractivity contribution in [1.82, 2.24) is 15.1 Å². The van der Waals surface area contributed by atoms with E-state index in [9.17, 15) is 0 Å². The zero-order valence-corrected chi connectivity index (χ0v) is 11.0. The second-order valence-corrected chi connectivity index (χ2v) is 5.81. The second kappa shape index (κ2) is 4.25. The van der Waals surface area contributed by atoms with E-state index in [-0.39, 0.29) is 5.41 Å². The van der Waals surface area contributed by atoms with Gasteiger partial charge >= 0.3 is 0 Å². The first-order valence-corrected chi connectivity index (χ1v) is 6.48. The molecule has 3 rings (SSSR count). The van der Waals surface area contributed by atoms with Crippen molar-refractivity contribution in [3.05, 3.63) is 47.8 Å². The number of fused-ring (bicyclic) bond motifs is 1. The van der Waals surface area contributed by atoms with Crippen molar-refractivity contribution < 1.29 is 0 Å². The topological polar surface area (TPSA) is 29.9 Å². The number of aromatic nitrogens is 2. The van der Waals surface area contributed by atoms with Crippen LogP contribution >= 0.6 is 0 Å². The Bertz CT molecular complexity index is 540. The van der Waals surface area contributed by atoms with E-state index in [1.165, 1.54) is 11.3 Å². The monoisotopic (exact) mass is 241 g/mol. The minimum Gasteiger partial charge on any atom is -0.312 e. The Labute approximate surface area is 108 Å². The van der Waals surface area contributed by atoms with Crippen LogP contribution in [0.3, 0.4) is 0 Å². The van der Waals surface area contributed by atoms with Gasteiger partial charge in [0.2, 0.25) is 0 Å². The third kappa shape index (κ3) is 2.06. The molecule has 0 saturated heterocycles. The Morgan fingerprint density at radius 2 is 2.00 bits per heavy atom. The van der Waals surface area contributed by atoms with Gasteiger partial charge in [-0.2, -0.15) is 5.10 Å². The number of nitrogens with one attached hydrogen (secondary N) is 1. The lowest BCUT2D eigenvalue weighted by Gasteiger charge is -2.22. The number of benzene rings is 1. The normalized spacial score (nSPS) is 18.1. The van der Waals surface area contributed by atoms with E-state index in [1.54, 1.807) is 0 Å². The predicted octanol–water partition coefficient (Wildman–Crippen LogP) is 2.54. The molecule has 94 valence electrons. The van der Waals surface area contributed by atoms with Crippen molar-refractivity contribution >= 4 is 0 Å². The number of para-hydroxylation sites is 1. The summed E-state index contributed by atoms with van der Waals surface area (Å²) in [6.45, 7) is 6.58. The summed E-state index contributed by atoms with van der Waals surface area (Å²) in [5.41, 5.74) is 4.09. The maximum atomic E-state index is 4.55. The molecule has 2 aromatic rings. The minimum absolute atomic E-state index is 0.276. The molecule has 1 aromatic heterocycles. The molecule has 1 aromatic carbocycles. The molecule has 0 amide bonds. The van der Waals surface area contributed by atoms with E-state index in [1.807, 2.05) is 12.3 Å². The molecule has 0 saturated carbocycles. The SMILES string of the molecule is CC1(C)CNCc2cnn(-c3ccccc3)c2C1. The molecule has 18 heavy (non-hydrogen) atoms. The van der Waals surface area contributed by atoms with Gasteiger partial charge in [-0.15, -0.1) is 0 Å². The minimum atomic E-state index is 0.276. The zero-order chi connectivity index (χ0) is 12.6. The maximum absolute atomic E-state index is 4.55. The molecule has 0 aliphatic carbocycles. The van der Waals surface area contributed by atoms with Crippen LogP contribution in [0.1, 0.15) is 25.1 Å². The van der Waals surface area contributed by atoms with Crippen LogP contribution in [0.4, 0.5) is 0 Å². The molecule has 1 aliphatic heterocycles. The van der Waals surface area contributed by atoms with E-state index in [0.29, 0.717) is 0 Å². The first kappa shape index (κ1) is 11.5. The van der Waals surface area contributed by atoms with Gasteiger partial charge < -0.3 is 5.32 Å². The zero-order valence-electron chi connectivity index (χ0n) is 11.0. The summed E-state index contributed by atoms with van der Waals surface area (Å²) in [4.78, 5) is 0. The van der Waals surface area contributed by atoms with Gasteiger partial charge in [0, 0.05) is 24.3 Å². The summed E-state index contributed by atoms with van der Waals surface area (Å²) in [6.07, 6.45) is 3.06. The summed E-state index contributed by atoms with van der Waals surface area (Å²) in [5, 5.41) is 8.06. The number of hydrogen-bond acceptors (Lipinski definition) is 2. The van der Waals surface area contributed by atoms with Crippen molar-refractivity contribution in [1.29, 1.82) is 0 Å². The molecular formula is C15H19N3. The molecule has 0 radical (unpaired) electrons. The van der Waals surface area contributed by atoms with Gasteiger partial charge in [-0.3, -0.25) is 0 Å². The summed E-state index contributed by atoms with van der Waals surface area (Å²) in [5.74, 6) is 0. The molecule has 1 aliphatic rings. The third-order valence-electron chi connectivity index (χ3n) is 3.52. The number of nitrogens with zero attached hydrogens (tertiary/aromatic N) is 2. The molecule has 3 nitrogen and oxygen atoms in total. The smallest absolute Gasteiger partial charge is 0.0648 e. The molecule has 1 N–H and O–H groups in total. The quantitative estimate of drug-likeness (QED) is 0.831. The fraction of sp³-hybridized carbons (Fsp3) is 0.400. The van der Waals surface area contributed by atoms with E-state index in [0.717, 1.165) is 25.2 Å². The summed E-state index contributed by atoms with van der Waals surface area (Å²) < 4.78 is 2.09. The summed E-state index contributed by atoms with van der Waals surface area (Å²) in [6, 6.07) is 10.4. The largest absolute Gasteiger partial charge is 0.312 e. The Balaban J connectivity index is 2.07. The van der Waals surface area contributed by atoms with E-state index < -0.39 is 0 Å². The summed E-state index contributed by atoms with van der Waals surface area (Å²) >= 11 is 0. The Morgan fingerprint density at radius 3 is 2.78 bits per heavy atom. The van der Waals surface area contributed by atoms with Gasteiger partial charge in [0.1, 0.15) is 0 Å². The van der Waals surface area contributed by atoms with Crippen molar-refractivity contribution in [3.63, 3.8) is 0 Å². The third-order valence-corrected chi connectivity index (χ3v) is 3.52. The highest BCUT2D eigenvalue weighted by atomic mass is 15.3. The van der Waals surface area contributed by atoms with Crippen LogP contribution in [0, 0.1) is 5.41 Å². The molecule has 2 heterocycles. The molecule has 0 bridgehead atoms. The van der Waals surface area contributed by atoms with Crippen LogP contribution in [-0.4, -0.2) is 16.3 Å². The average molecular weight is 241 g/mol. The van der Waals surface area contributed by atoms with Crippen LogP contribution < -0.4 is 5.32 Å². The van der Waals surface area contributed by atoms with Crippen molar-refractivity contribution in [2.45, 2.75) is 26.8 Å². The first-order chi connectivity index (χ1) is 8.66. The average Bonchev–Trinajstić information content (AvgIpc) is 2.66. The van der Waals surface area contributed by atoms with Gasteiger partial charge in [-0.1, -0.05) is 32.0 Å². The fourth-order valence-electron chi connectivity index (χ4n) is 2.59. The lowest BCUT2D eigenvalue weighted by atomic mass is 9.88. The van der Waals surface area contributed by atoms with Crippen molar-refractivity contribution in [2.75, 3.05) is 6.54 Å². The van der Waals surface area contributed by atoms with E-state index in [4.69, 9.17) is 0 Å². The lowest BCUT2D eigenvalue weighted by Crippen LogP contribution is -2.28. The molecule has 0 fully saturated rings. The van der Waals surface area contributed by atoms with Gasteiger partial charge in [-0.25, -0.2) is 4.68 Å². The van der Waals surface area contributed by atoms with Gasteiger partial charge in [0.15, 0.2) is 0 Å². The molecule has 0 unspecified atom stereocenters. The van der Waals surface area contributed by atoms with Crippen molar-refractivity contribution in [3.8, 4) is 5.69 Å². The number of rotatable bonds is 1. The number of hydrogen-bond donors (Lipinski definition) is 1. The Hall–Kier alpha value is -1.61. The maximum Gasteiger partial charge on any atom is 0.0648 e. The first-order valence-electron chi connectivity index (χ1n) is 6.48. The van der Waals surface area contributed by atoms with E-state index >= 15 is 0 Å². The van der Waals surface area contributed by atoms with E-state index in [2.05, 4.69) is 53.2 Å². The van der Waals surface area contributed by atoms with Gasteiger partial charge in [0.05, 0.1) is 11.9 Å². The second-order valence-electron chi connectivity index (χ2n) is 5.81. The fourth-order valence-corrected chi connectivity index (χ4v) is 2.59. The van der Waals surface area contributed by atoms with Crippen LogP contribution in [0.5, 0.6) is 0 Å². The Morgan fingerprint density at radius 1 is 1.22 bits per heavy atom. The van der Waals surface area contributed by atoms with Gasteiger partial charge in [-0.05, 0) is 24.0 Å². The highest BCUT2D eigenvalue weighted by Gasteiger charge is 2.26. The van der Waals surface area contributed by atoms with Crippen LogP contribution in [0.25, 0.3) is 5.69 Å². The molecule has 0 spiro atoms. The standard InChI is InChI=1S/C15H19N3/c1-15(2)8-14-12(9-16-11-15)10-17-18(14)13-6-4-3-5-7-13/h3-7,10,16H,8-9,11H2,1-2H3. The van der Waals surface area contributed by atoms with Crippen molar-refractivity contribution in [2.24, 2.45) is 5.41 Å². The van der Waals surface area contributed by atoms with Gasteiger partial charge in [0.25, 0.3) is 0 Å². The predicted molar refractivity (Wildman–Crippen MR) is 72.8 cm³/mol. The highest BCUT2D eigenvalue weighted by molar-refractivity contribution is 5.35. The Kier molecular flexibility index (Phi) is 2.71. The van der Waals surface area contributed by atoms with Crippen LogP contribution in [0.2, 0.25) is 0 Å². The molecule has 3 heteroatoms. The summed E-state index contributed by atoms with van der Waals surface area (Å²) in [7, 11) is 0. The highest BCUT2D eigenvalue weighted by Crippen LogP contribution is 2.27. The molecular weight excluding hydrogens is 222 g/mol. The molecule has 0 atom stereocenters.